The van der Waals surface area contributed by atoms with Crippen molar-refractivity contribution in [3.05, 3.63) is 15.6 Å². The first-order chi connectivity index (χ1) is 8.20. The number of hydrogen-bond donors (Lipinski definition) is 1. The average Bonchev–Trinajstić information content (AvgIpc) is 2.69. The number of nitrogens with zero attached hydrogens (tertiary/aromatic N) is 2. The quantitative estimate of drug-likeness (QED) is 0.894. The van der Waals surface area contributed by atoms with Crippen molar-refractivity contribution in [1.82, 2.24) is 9.88 Å². The summed E-state index contributed by atoms with van der Waals surface area (Å²) in [6.07, 6.45) is 4.71. The lowest BCUT2D eigenvalue weighted by molar-refractivity contribution is 0.255. The topological polar surface area (TPSA) is 42.2 Å². The third kappa shape index (κ3) is 3.27. The predicted octanol–water partition coefficient (Wildman–Crippen LogP) is 2.15. The molecule has 3 nitrogen and oxygen atoms in total. The number of aryl methyl sites for hydroxylation is 2. The Morgan fingerprint density at radius 3 is 2.76 bits per heavy atom. The maximum atomic E-state index is 5.57. The highest BCUT2D eigenvalue weighted by molar-refractivity contribution is 7.11. The maximum absolute atomic E-state index is 5.57. The number of nitrogens with two attached hydrogens (primary N) is 1. The van der Waals surface area contributed by atoms with Crippen LogP contribution < -0.4 is 5.73 Å². The monoisotopic (exact) mass is 253 g/mol. The average molecular weight is 253 g/mol. The van der Waals surface area contributed by atoms with Crippen molar-refractivity contribution >= 4 is 11.3 Å². The molecule has 2 N–H and O–H groups in total. The van der Waals surface area contributed by atoms with Gasteiger partial charge < -0.3 is 10.6 Å². The lowest BCUT2D eigenvalue weighted by atomic mass is 9.98. The van der Waals surface area contributed by atoms with Gasteiger partial charge >= 0.3 is 0 Å². The Labute approximate surface area is 108 Å². The van der Waals surface area contributed by atoms with Crippen LogP contribution in [0.2, 0.25) is 0 Å². The summed E-state index contributed by atoms with van der Waals surface area (Å²) >= 11 is 1.92. The number of hydrogen-bond acceptors (Lipinski definition) is 4. The lowest BCUT2D eigenvalue weighted by Crippen LogP contribution is -2.29. The molecule has 0 aromatic carbocycles. The SMILES string of the molecule is Cc1nc(C2CCN(C)CC2)sc1CCCN. The van der Waals surface area contributed by atoms with Gasteiger partial charge in [-0.15, -0.1) is 11.3 Å². The Morgan fingerprint density at radius 2 is 2.12 bits per heavy atom. The van der Waals surface area contributed by atoms with Crippen LogP contribution in [0.3, 0.4) is 0 Å². The zero-order valence-electron chi connectivity index (χ0n) is 10.9. The van der Waals surface area contributed by atoms with E-state index in [9.17, 15) is 0 Å². The van der Waals surface area contributed by atoms with E-state index in [4.69, 9.17) is 10.7 Å². The molecule has 2 rings (SSSR count). The van der Waals surface area contributed by atoms with Crippen molar-refractivity contribution in [2.45, 2.75) is 38.5 Å². The summed E-state index contributed by atoms with van der Waals surface area (Å²) in [5.74, 6) is 0.696. The second-order valence-electron chi connectivity index (χ2n) is 5.03. The van der Waals surface area contributed by atoms with Gasteiger partial charge in [-0.25, -0.2) is 4.98 Å². The van der Waals surface area contributed by atoms with Crippen molar-refractivity contribution in [2.24, 2.45) is 5.73 Å². The number of aromatic nitrogens is 1. The van der Waals surface area contributed by atoms with E-state index in [1.165, 1.54) is 41.5 Å². The predicted molar refractivity (Wildman–Crippen MR) is 73.7 cm³/mol. The third-order valence-corrected chi connectivity index (χ3v) is 4.96. The summed E-state index contributed by atoms with van der Waals surface area (Å²) in [6.45, 7) is 5.34. The summed E-state index contributed by atoms with van der Waals surface area (Å²) < 4.78 is 0. The number of likely N-dealkylation sites (tertiary alicyclic amines) is 1. The van der Waals surface area contributed by atoms with Crippen LogP contribution in [0, 0.1) is 6.92 Å². The first-order valence-corrected chi connectivity index (χ1v) is 7.37. The number of piperidine rings is 1. The minimum atomic E-state index is 0.696. The fourth-order valence-corrected chi connectivity index (χ4v) is 3.65. The Morgan fingerprint density at radius 1 is 1.41 bits per heavy atom. The molecule has 0 aliphatic carbocycles. The molecule has 1 aromatic heterocycles. The first-order valence-electron chi connectivity index (χ1n) is 6.55. The van der Waals surface area contributed by atoms with Crippen LogP contribution in [0.25, 0.3) is 0 Å². The molecule has 0 unspecified atom stereocenters. The van der Waals surface area contributed by atoms with E-state index < -0.39 is 0 Å². The molecule has 0 amide bonds. The van der Waals surface area contributed by atoms with E-state index in [1.807, 2.05) is 11.3 Å². The van der Waals surface area contributed by atoms with Gasteiger partial charge in [-0.3, -0.25) is 0 Å². The Hall–Kier alpha value is -0.450. The van der Waals surface area contributed by atoms with Crippen LogP contribution >= 0.6 is 11.3 Å². The highest BCUT2D eigenvalue weighted by Gasteiger charge is 2.22. The van der Waals surface area contributed by atoms with Gasteiger partial charge in [0.15, 0.2) is 0 Å². The normalized spacial score (nSPS) is 18.8. The summed E-state index contributed by atoms with van der Waals surface area (Å²) in [7, 11) is 2.20. The highest BCUT2D eigenvalue weighted by Crippen LogP contribution is 2.32. The van der Waals surface area contributed by atoms with Crippen molar-refractivity contribution in [1.29, 1.82) is 0 Å². The molecule has 96 valence electrons. The number of rotatable bonds is 4. The van der Waals surface area contributed by atoms with Crippen LogP contribution in [-0.2, 0) is 6.42 Å². The molecular formula is C13H23N3S. The molecule has 17 heavy (non-hydrogen) atoms. The Balaban J connectivity index is 2.01. The minimum absolute atomic E-state index is 0.696. The van der Waals surface area contributed by atoms with E-state index in [-0.39, 0.29) is 0 Å². The van der Waals surface area contributed by atoms with Crippen molar-refractivity contribution < 1.29 is 0 Å². The van der Waals surface area contributed by atoms with E-state index in [1.54, 1.807) is 0 Å². The van der Waals surface area contributed by atoms with E-state index in [2.05, 4.69) is 18.9 Å². The van der Waals surface area contributed by atoms with Gasteiger partial charge in [-0.2, -0.15) is 0 Å². The fraction of sp³-hybridized carbons (Fsp3) is 0.769. The summed E-state index contributed by atoms with van der Waals surface area (Å²) in [6, 6.07) is 0. The molecule has 1 aliphatic heterocycles. The van der Waals surface area contributed by atoms with Gasteiger partial charge in [0.1, 0.15) is 0 Å². The summed E-state index contributed by atoms with van der Waals surface area (Å²) in [4.78, 5) is 8.63. The smallest absolute Gasteiger partial charge is 0.0962 e. The molecule has 1 aromatic rings. The second kappa shape index (κ2) is 5.94. The van der Waals surface area contributed by atoms with E-state index in [0.29, 0.717) is 5.92 Å². The zero-order chi connectivity index (χ0) is 12.3. The zero-order valence-corrected chi connectivity index (χ0v) is 11.7. The molecule has 1 fully saturated rings. The molecule has 1 aliphatic rings. The van der Waals surface area contributed by atoms with Gasteiger partial charge in [0.05, 0.1) is 10.7 Å². The minimum Gasteiger partial charge on any atom is -0.330 e. The molecule has 0 atom stereocenters. The van der Waals surface area contributed by atoms with Crippen LogP contribution in [-0.4, -0.2) is 36.6 Å². The summed E-state index contributed by atoms with van der Waals surface area (Å²) in [5, 5.41) is 1.36. The lowest BCUT2D eigenvalue weighted by Gasteiger charge is -2.27. The van der Waals surface area contributed by atoms with E-state index in [0.717, 1.165) is 19.4 Å². The fourth-order valence-electron chi connectivity index (χ4n) is 2.38. The van der Waals surface area contributed by atoms with Crippen LogP contribution in [0.5, 0.6) is 0 Å². The summed E-state index contributed by atoms with van der Waals surface area (Å²) in [5.41, 5.74) is 6.80. The molecule has 0 bridgehead atoms. The first kappa shape index (κ1) is 13.0. The van der Waals surface area contributed by atoms with Gasteiger partial charge in [-0.1, -0.05) is 0 Å². The second-order valence-corrected chi connectivity index (χ2v) is 6.15. The molecule has 0 radical (unpaired) electrons. The highest BCUT2D eigenvalue weighted by atomic mass is 32.1. The Kier molecular flexibility index (Phi) is 4.54. The molecule has 4 heteroatoms. The maximum Gasteiger partial charge on any atom is 0.0962 e. The standard InChI is InChI=1S/C13H23N3S/c1-10-12(4-3-7-14)17-13(15-10)11-5-8-16(2)9-6-11/h11H,3-9,14H2,1-2H3. The largest absolute Gasteiger partial charge is 0.330 e. The van der Waals surface area contributed by atoms with Gasteiger partial charge in [0, 0.05) is 10.8 Å². The van der Waals surface area contributed by atoms with E-state index >= 15 is 0 Å². The van der Waals surface area contributed by atoms with Crippen LogP contribution in [0.4, 0.5) is 0 Å². The van der Waals surface area contributed by atoms with Gasteiger partial charge in [0.25, 0.3) is 0 Å². The molecule has 0 spiro atoms. The van der Waals surface area contributed by atoms with Gasteiger partial charge in [0.2, 0.25) is 0 Å². The van der Waals surface area contributed by atoms with Crippen molar-refractivity contribution in [3.8, 4) is 0 Å². The molecular weight excluding hydrogens is 230 g/mol. The molecule has 2 heterocycles. The van der Waals surface area contributed by atoms with Gasteiger partial charge in [-0.05, 0) is 59.3 Å². The molecule has 0 saturated carbocycles. The third-order valence-electron chi connectivity index (χ3n) is 3.58. The number of thiazole rings is 1. The Bertz CT molecular complexity index is 354. The van der Waals surface area contributed by atoms with Crippen molar-refractivity contribution in [3.63, 3.8) is 0 Å². The van der Waals surface area contributed by atoms with Crippen LogP contribution in [0.1, 0.15) is 40.8 Å². The molecule has 1 saturated heterocycles. The van der Waals surface area contributed by atoms with Crippen molar-refractivity contribution in [2.75, 3.05) is 26.7 Å². The van der Waals surface area contributed by atoms with Crippen LogP contribution in [0.15, 0.2) is 0 Å².